The smallest absolute Gasteiger partial charge is 0.153 e. The SMILES string of the molecule is CC(C)CN1CCCC12CC=CCCC2=O. The van der Waals surface area contributed by atoms with E-state index in [0.29, 0.717) is 11.7 Å². The van der Waals surface area contributed by atoms with E-state index in [0.717, 1.165) is 38.8 Å². The molecule has 1 aliphatic heterocycles. The Morgan fingerprint density at radius 1 is 1.44 bits per heavy atom. The van der Waals surface area contributed by atoms with E-state index in [9.17, 15) is 4.79 Å². The topological polar surface area (TPSA) is 20.3 Å². The molecule has 1 atom stereocenters. The summed E-state index contributed by atoms with van der Waals surface area (Å²) in [6, 6.07) is 0. The lowest BCUT2D eigenvalue weighted by atomic mass is 9.86. The maximum atomic E-state index is 12.3. The van der Waals surface area contributed by atoms with E-state index in [4.69, 9.17) is 0 Å². The lowest BCUT2D eigenvalue weighted by Gasteiger charge is -2.37. The van der Waals surface area contributed by atoms with Gasteiger partial charge in [-0.15, -0.1) is 0 Å². The average Bonchev–Trinajstić information content (AvgIpc) is 2.50. The number of nitrogens with zero attached hydrogens (tertiary/aromatic N) is 1. The highest BCUT2D eigenvalue weighted by Gasteiger charge is 2.45. The zero-order valence-corrected chi connectivity index (χ0v) is 10.5. The molecule has 16 heavy (non-hydrogen) atoms. The van der Waals surface area contributed by atoms with E-state index in [1.165, 1.54) is 6.42 Å². The first-order chi connectivity index (χ1) is 7.65. The van der Waals surface area contributed by atoms with Crippen LogP contribution in [0.5, 0.6) is 0 Å². The summed E-state index contributed by atoms with van der Waals surface area (Å²) < 4.78 is 0. The minimum absolute atomic E-state index is 0.128. The number of carbonyl (C=O) groups excluding carboxylic acids is 1. The molecule has 2 rings (SSSR count). The largest absolute Gasteiger partial charge is 0.298 e. The number of hydrogen-bond donors (Lipinski definition) is 0. The second-order valence-corrected chi connectivity index (χ2v) is 5.61. The summed E-state index contributed by atoms with van der Waals surface area (Å²) in [5, 5.41) is 0. The Kier molecular flexibility index (Phi) is 3.48. The molecule has 0 aromatic heterocycles. The summed E-state index contributed by atoms with van der Waals surface area (Å²) in [7, 11) is 0. The van der Waals surface area contributed by atoms with Crippen molar-refractivity contribution >= 4 is 5.78 Å². The van der Waals surface area contributed by atoms with E-state index in [-0.39, 0.29) is 5.54 Å². The van der Waals surface area contributed by atoms with Crippen LogP contribution in [0.25, 0.3) is 0 Å². The Hall–Kier alpha value is -0.630. The van der Waals surface area contributed by atoms with Crippen molar-refractivity contribution in [3.8, 4) is 0 Å². The predicted molar refractivity (Wildman–Crippen MR) is 66.4 cm³/mol. The Morgan fingerprint density at radius 3 is 3.00 bits per heavy atom. The second-order valence-electron chi connectivity index (χ2n) is 5.61. The molecule has 0 saturated carbocycles. The van der Waals surface area contributed by atoms with Gasteiger partial charge in [-0.25, -0.2) is 0 Å². The molecule has 1 spiro atoms. The first-order valence-corrected chi connectivity index (χ1v) is 6.58. The summed E-state index contributed by atoms with van der Waals surface area (Å²) in [4.78, 5) is 14.8. The van der Waals surface area contributed by atoms with Crippen LogP contribution in [0, 0.1) is 5.92 Å². The fraction of sp³-hybridized carbons (Fsp3) is 0.786. The lowest BCUT2D eigenvalue weighted by molar-refractivity contribution is -0.129. The molecule has 2 aliphatic rings. The molecule has 1 fully saturated rings. The van der Waals surface area contributed by atoms with Crippen molar-refractivity contribution in [3.63, 3.8) is 0 Å². The zero-order chi connectivity index (χ0) is 11.6. The monoisotopic (exact) mass is 221 g/mol. The van der Waals surface area contributed by atoms with E-state index < -0.39 is 0 Å². The number of rotatable bonds is 2. The molecule has 1 unspecified atom stereocenters. The van der Waals surface area contributed by atoms with Gasteiger partial charge < -0.3 is 0 Å². The van der Waals surface area contributed by atoms with Gasteiger partial charge in [-0.2, -0.15) is 0 Å². The van der Waals surface area contributed by atoms with Gasteiger partial charge in [0, 0.05) is 13.0 Å². The van der Waals surface area contributed by atoms with Crippen LogP contribution in [0.15, 0.2) is 12.2 Å². The molecule has 0 bridgehead atoms. The van der Waals surface area contributed by atoms with Gasteiger partial charge in [-0.1, -0.05) is 26.0 Å². The van der Waals surface area contributed by atoms with Crippen LogP contribution in [0.4, 0.5) is 0 Å². The second kappa shape index (κ2) is 4.70. The third kappa shape index (κ3) is 2.08. The fourth-order valence-electron chi connectivity index (χ4n) is 3.15. The van der Waals surface area contributed by atoms with Crippen molar-refractivity contribution in [2.45, 2.75) is 51.5 Å². The highest BCUT2D eigenvalue weighted by Crippen LogP contribution is 2.37. The first kappa shape index (κ1) is 11.8. The maximum absolute atomic E-state index is 12.3. The fourth-order valence-corrected chi connectivity index (χ4v) is 3.15. The molecular formula is C14H23NO. The van der Waals surface area contributed by atoms with E-state index in [1.54, 1.807) is 0 Å². The third-order valence-electron chi connectivity index (χ3n) is 3.89. The summed E-state index contributed by atoms with van der Waals surface area (Å²) in [6.07, 6.45) is 9.29. The number of hydrogen-bond acceptors (Lipinski definition) is 2. The minimum atomic E-state index is -0.128. The molecule has 1 aliphatic carbocycles. The third-order valence-corrected chi connectivity index (χ3v) is 3.89. The molecule has 0 aromatic carbocycles. The molecule has 0 aromatic rings. The van der Waals surface area contributed by atoms with Crippen molar-refractivity contribution in [2.75, 3.05) is 13.1 Å². The van der Waals surface area contributed by atoms with Crippen LogP contribution < -0.4 is 0 Å². The lowest BCUT2D eigenvalue weighted by Crippen LogP contribution is -2.51. The van der Waals surface area contributed by atoms with Crippen molar-refractivity contribution < 1.29 is 4.79 Å². The predicted octanol–water partition coefficient (Wildman–Crippen LogP) is 2.79. The Balaban J connectivity index is 2.19. The molecule has 0 amide bonds. The van der Waals surface area contributed by atoms with E-state index in [2.05, 4.69) is 30.9 Å². The van der Waals surface area contributed by atoms with Gasteiger partial charge in [-0.3, -0.25) is 9.69 Å². The van der Waals surface area contributed by atoms with Gasteiger partial charge >= 0.3 is 0 Å². The van der Waals surface area contributed by atoms with Crippen LogP contribution >= 0.6 is 0 Å². The van der Waals surface area contributed by atoms with Crippen LogP contribution in [-0.4, -0.2) is 29.3 Å². The highest BCUT2D eigenvalue weighted by molar-refractivity contribution is 5.89. The number of carbonyl (C=O) groups is 1. The quantitative estimate of drug-likeness (QED) is 0.668. The normalized spacial score (nSPS) is 31.6. The summed E-state index contributed by atoms with van der Waals surface area (Å²) in [5.41, 5.74) is -0.128. The molecule has 1 saturated heterocycles. The van der Waals surface area contributed by atoms with Gasteiger partial charge in [0.2, 0.25) is 0 Å². The molecule has 0 radical (unpaired) electrons. The molecule has 90 valence electrons. The van der Waals surface area contributed by atoms with Gasteiger partial charge in [0.1, 0.15) is 0 Å². The molecular weight excluding hydrogens is 198 g/mol. The Bertz CT molecular complexity index is 295. The van der Waals surface area contributed by atoms with Gasteiger partial charge in [0.05, 0.1) is 5.54 Å². The molecule has 0 N–H and O–H groups in total. The average molecular weight is 221 g/mol. The highest BCUT2D eigenvalue weighted by atomic mass is 16.1. The number of ketones is 1. The van der Waals surface area contributed by atoms with E-state index >= 15 is 0 Å². The van der Waals surface area contributed by atoms with Crippen LogP contribution in [-0.2, 0) is 4.79 Å². The summed E-state index contributed by atoms with van der Waals surface area (Å²) in [5.74, 6) is 1.13. The van der Waals surface area contributed by atoms with Crippen molar-refractivity contribution in [1.29, 1.82) is 0 Å². The Morgan fingerprint density at radius 2 is 2.25 bits per heavy atom. The number of likely N-dealkylation sites (tertiary alicyclic amines) is 1. The van der Waals surface area contributed by atoms with Crippen molar-refractivity contribution in [1.82, 2.24) is 4.90 Å². The van der Waals surface area contributed by atoms with Crippen molar-refractivity contribution in [2.24, 2.45) is 5.92 Å². The van der Waals surface area contributed by atoms with Crippen LogP contribution in [0.1, 0.15) is 46.0 Å². The van der Waals surface area contributed by atoms with Crippen LogP contribution in [0.2, 0.25) is 0 Å². The minimum Gasteiger partial charge on any atom is -0.298 e. The van der Waals surface area contributed by atoms with Crippen molar-refractivity contribution in [3.05, 3.63) is 12.2 Å². The molecule has 1 heterocycles. The van der Waals surface area contributed by atoms with E-state index in [1.807, 2.05) is 0 Å². The van der Waals surface area contributed by atoms with Crippen LogP contribution in [0.3, 0.4) is 0 Å². The number of allylic oxidation sites excluding steroid dienone is 1. The standard InChI is InChI=1S/C14H23NO/c1-12(2)11-15-10-6-9-14(15)8-5-3-4-7-13(14)16/h3,5,12H,4,6-11H2,1-2H3. The molecule has 2 heteroatoms. The summed E-state index contributed by atoms with van der Waals surface area (Å²) >= 11 is 0. The molecule has 2 nitrogen and oxygen atoms in total. The first-order valence-electron chi connectivity index (χ1n) is 6.58. The Labute approximate surface area is 98.7 Å². The zero-order valence-electron chi connectivity index (χ0n) is 10.5. The van der Waals surface area contributed by atoms with Gasteiger partial charge in [0.15, 0.2) is 5.78 Å². The van der Waals surface area contributed by atoms with Gasteiger partial charge in [-0.05, 0) is 38.1 Å². The maximum Gasteiger partial charge on any atom is 0.153 e. The van der Waals surface area contributed by atoms with Gasteiger partial charge in [0.25, 0.3) is 0 Å². The number of Topliss-reactive ketones (excluding diaryl/α,β-unsaturated/α-hetero) is 1. The summed E-state index contributed by atoms with van der Waals surface area (Å²) in [6.45, 7) is 6.66.